The summed E-state index contributed by atoms with van der Waals surface area (Å²) in [6.07, 6.45) is 6.54. The zero-order valence-corrected chi connectivity index (χ0v) is 10.6. The fourth-order valence-electron chi connectivity index (χ4n) is 2.42. The highest BCUT2D eigenvalue weighted by molar-refractivity contribution is 9.10. The summed E-state index contributed by atoms with van der Waals surface area (Å²) in [7, 11) is 0. The molecule has 1 fully saturated rings. The summed E-state index contributed by atoms with van der Waals surface area (Å²) < 4.78 is 3.27. The van der Waals surface area contributed by atoms with Gasteiger partial charge in [0, 0.05) is 24.0 Å². The molecule has 0 spiro atoms. The van der Waals surface area contributed by atoms with Crippen molar-refractivity contribution in [2.45, 2.75) is 18.8 Å². The van der Waals surface area contributed by atoms with Crippen molar-refractivity contribution in [2.75, 3.05) is 13.1 Å². The molecule has 84 valence electrons. The zero-order valence-electron chi connectivity index (χ0n) is 8.99. The fraction of sp³-hybridized carbons (Fsp3) is 0.417. The van der Waals surface area contributed by atoms with Crippen LogP contribution in [0.2, 0.25) is 0 Å². The van der Waals surface area contributed by atoms with E-state index in [1.165, 1.54) is 18.5 Å². The molecular formula is C12H14BrN3. The highest BCUT2D eigenvalue weighted by atomic mass is 79.9. The lowest BCUT2D eigenvalue weighted by Crippen LogP contribution is -2.27. The molecule has 1 saturated heterocycles. The Hall–Kier alpha value is -0.870. The van der Waals surface area contributed by atoms with Crippen LogP contribution in [0.1, 0.15) is 24.5 Å². The van der Waals surface area contributed by atoms with Gasteiger partial charge < -0.3 is 9.72 Å². The number of imidazole rings is 1. The number of nitrogens with zero attached hydrogens (tertiary/aromatic N) is 2. The van der Waals surface area contributed by atoms with Crippen molar-refractivity contribution < 1.29 is 0 Å². The first kappa shape index (κ1) is 10.3. The van der Waals surface area contributed by atoms with Gasteiger partial charge in [-0.25, -0.2) is 4.98 Å². The van der Waals surface area contributed by atoms with Crippen LogP contribution in [0.4, 0.5) is 0 Å². The van der Waals surface area contributed by atoms with Crippen molar-refractivity contribution in [3.8, 4) is 0 Å². The van der Waals surface area contributed by atoms with E-state index >= 15 is 0 Å². The van der Waals surface area contributed by atoms with Gasteiger partial charge in [-0.2, -0.15) is 0 Å². The van der Waals surface area contributed by atoms with Crippen LogP contribution in [0.3, 0.4) is 0 Å². The Morgan fingerprint density at radius 1 is 1.38 bits per heavy atom. The number of halogens is 1. The summed E-state index contributed by atoms with van der Waals surface area (Å²) in [5.41, 5.74) is 2.37. The minimum Gasteiger partial charge on any atom is -0.317 e. The summed E-state index contributed by atoms with van der Waals surface area (Å²) >= 11 is 3.54. The number of fused-ring (bicyclic) bond motifs is 1. The van der Waals surface area contributed by atoms with Gasteiger partial charge in [-0.1, -0.05) is 0 Å². The molecule has 0 saturated carbocycles. The molecule has 4 heteroatoms. The molecule has 1 aliphatic heterocycles. The maximum atomic E-state index is 4.49. The minimum atomic E-state index is 0.644. The molecular weight excluding hydrogens is 266 g/mol. The van der Waals surface area contributed by atoms with Crippen molar-refractivity contribution in [1.29, 1.82) is 0 Å². The Morgan fingerprint density at radius 3 is 3.00 bits per heavy atom. The van der Waals surface area contributed by atoms with Crippen molar-refractivity contribution in [1.82, 2.24) is 14.7 Å². The first-order valence-corrected chi connectivity index (χ1v) is 6.48. The predicted molar refractivity (Wildman–Crippen MR) is 67.7 cm³/mol. The highest BCUT2D eigenvalue weighted by Crippen LogP contribution is 2.27. The van der Waals surface area contributed by atoms with Crippen molar-refractivity contribution in [2.24, 2.45) is 0 Å². The van der Waals surface area contributed by atoms with Gasteiger partial charge in [-0.3, -0.25) is 0 Å². The van der Waals surface area contributed by atoms with Crippen molar-refractivity contribution >= 4 is 21.6 Å². The Labute approximate surface area is 103 Å². The maximum Gasteiger partial charge on any atom is 0.151 e. The third-order valence-corrected chi connectivity index (χ3v) is 3.89. The average molecular weight is 280 g/mol. The molecule has 16 heavy (non-hydrogen) atoms. The molecule has 2 aromatic rings. The standard InChI is InChI=1S/C12H14BrN3/c13-10-2-1-7-16-11(8-15-12(10)16)9-3-5-14-6-4-9/h1-2,7-9,14H,3-6H2. The van der Waals surface area contributed by atoms with E-state index < -0.39 is 0 Å². The first-order chi connectivity index (χ1) is 7.86. The highest BCUT2D eigenvalue weighted by Gasteiger charge is 2.19. The summed E-state index contributed by atoms with van der Waals surface area (Å²) in [6, 6.07) is 4.10. The van der Waals surface area contributed by atoms with E-state index in [0.29, 0.717) is 5.92 Å². The van der Waals surface area contributed by atoms with E-state index in [0.717, 1.165) is 23.2 Å². The summed E-state index contributed by atoms with van der Waals surface area (Å²) in [4.78, 5) is 4.49. The van der Waals surface area contributed by atoms with E-state index in [4.69, 9.17) is 0 Å². The molecule has 3 heterocycles. The lowest BCUT2D eigenvalue weighted by Gasteiger charge is -2.22. The minimum absolute atomic E-state index is 0.644. The lowest BCUT2D eigenvalue weighted by atomic mass is 9.95. The van der Waals surface area contributed by atoms with E-state index in [2.05, 4.69) is 42.9 Å². The Bertz CT molecular complexity index is 500. The molecule has 0 bridgehead atoms. The molecule has 3 nitrogen and oxygen atoms in total. The number of rotatable bonds is 1. The average Bonchev–Trinajstić information content (AvgIpc) is 2.75. The molecule has 3 rings (SSSR count). The lowest BCUT2D eigenvalue weighted by molar-refractivity contribution is 0.451. The maximum absolute atomic E-state index is 4.49. The number of nitrogens with one attached hydrogen (secondary N) is 1. The third-order valence-electron chi connectivity index (χ3n) is 3.27. The van der Waals surface area contributed by atoms with Crippen LogP contribution in [-0.4, -0.2) is 22.5 Å². The van der Waals surface area contributed by atoms with E-state index in [1.807, 2.05) is 12.3 Å². The Balaban J connectivity index is 2.06. The molecule has 0 aromatic carbocycles. The Kier molecular flexibility index (Phi) is 2.69. The predicted octanol–water partition coefficient (Wildman–Crippen LogP) is 2.56. The molecule has 1 N–H and O–H groups in total. The van der Waals surface area contributed by atoms with Crippen LogP contribution >= 0.6 is 15.9 Å². The summed E-state index contributed by atoms with van der Waals surface area (Å²) in [6.45, 7) is 2.23. The molecule has 0 aliphatic carbocycles. The first-order valence-electron chi connectivity index (χ1n) is 5.68. The molecule has 2 aromatic heterocycles. The van der Waals surface area contributed by atoms with Crippen LogP contribution < -0.4 is 5.32 Å². The van der Waals surface area contributed by atoms with Gasteiger partial charge >= 0.3 is 0 Å². The number of aromatic nitrogens is 2. The van der Waals surface area contributed by atoms with Gasteiger partial charge in [0.15, 0.2) is 5.65 Å². The SMILES string of the molecule is Brc1cccn2c(C3CCNCC3)cnc12. The molecule has 0 atom stereocenters. The third kappa shape index (κ3) is 1.66. The van der Waals surface area contributed by atoms with Crippen LogP contribution in [0.5, 0.6) is 0 Å². The largest absolute Gasteiger partial charge is 0.317 e. The van der Waals surface area contributed by atoms with E-state index in [-0.39, 0.29) is 0 Å². The van der Waals surface area contributed by atoms with E-state index in [1.54, 1.807) is 0 Å². The van der Waals surface area contributed by atoms with E-state index in [9.17, 15) is 0 Å². The number of piperidine rings is 1. The smallest absolute Gasteiger partial charge is 0.151 e. The molecule has 1 aliphatic rings. The second kappa shape index (κ2) is 4.18. The second-order valence-electron chi connectivity index (χ2n) is 4.26. The number of hydrogen-bond donors (Lipinski definition) is 1. The quantitative estimate of drug-likeness (QED) is 0.870. The van der Waals surface area contributed by atoms with Gasteiger partial charge in [0.25, 0.3) is 0 Å². The second-order valence-corrected chi connectivity index (χ2v) is 5.11. The summed E-state index contributed by atoms with van der Waals surface area (Å²) in [5.74, 6) is 0.644. The summed E-state index contributed by atoms with van der Waals surface area (Å²) in [5, 5.41) is 3.40. The Morgan fingerprint density at radius 2 is 2.19 bits per heavy atom. The van der Waals surface area contributed by atoms with Gasteiger partial charge in [-0.05, 0) is 54.0 Å². The van der Waals surface area contributed by atoms with Gasteiger partial charge in [0.05, 0.1) is 4.47 Å². The molecule has 0 amide bonds. The number of hydrogen-bond acceptors (Lipinski definition) is 2. The van der Waals surface area contributed by atoms with Crippen LogP contribution in [0.25, 0.3) is 5.65 Å². The van der Waals surface area contributed by atoms with Gasteiger partial charge in [-0.15, -0.1) is 0 Å². The zero-order chi connectivity index (χ0) is 11.0. The topological polar surface area (TPSA) is 29.3 Å². The number of pyridine rings is 1. The molecule has 0 unspecified atom stereocenters. The van der Waals surface area contributed by atoms with Crippen LogP contribution in [0, 0.1) is 0 Å². The van der Waals surface area contributed by atoms with Crippen molar-refractivity contribution in [3.05, 3.63) is 34.7 Å². The van der Waals surface area contributed by atoms with Crippen LogP contribution in [-0.2, 0) is 0 Å². The van der Waals surface area contributed by atoms with Gasteiger partial charge in [0.1, 0.15) is 0 Å². The fourth-order valence-corrected chi connectivity index (χ4v) is 2.86. The molecule has 0 radical (unpaired) electrons. The normalized spacial score (nSPS) is 18.1. The monoisotopic (exact) mass is 279 g/mol. The van der Waals surface area contributed by atoms with Gasteiger partial charge in [0.2, 0.25) is 0 Å². The van der Waals surface area contributed by atoms with Crippen LogP contribution in [0.15, 0.2) is 29.0 Å². The van der Waals surface area contributed by atoms with Crippen molar-refractivity contribution in [3.63, 3.8) is 0 Å².